The van der Waals surface area contributed by atoms with Crippen LogP contribution in [0.15, 0.2) is 0 Å². The van der Waals surface area contributed by atoms with Crippen LogP contribution in [0.25, 0.3) is 0 Å². The van der Waals surface area contributed by atoms with Gasteiger partial charge in [0.05, 0.1) is 0 Å². The molecular weight excluding hydrogens is 693 g/mol. The summed E-state index contributed by atoms with van der Waals surface area (Å²) in [5.74, 6) is -109. The fourth-order valence-corrected chi connectivity index (χ4v) is 2.34. The van der Waals surface area contributed by atoms with Crippen molar-refractivity contribution in [1.29, 1.82) is 0 Å². The Morgan fingerprint density at radius 3 is 0.524 bits per heavy atom. The minimum absolute atomic E-state index is 1.70. The van der Waals surface area contributed by atoms with Crippen molar-refractivity contribution in [1.82, 2.24) is 0 Å². The zero-order valence-corrected chi connectivity index (χ0v) is 18.1. The number of hydrogen-bond donors (Lipinski definition) is 0. The van der Waals surface area contributed by atoms with Gasteiger partial charge >= 0.3 is 77.2 Å². The molecule has 0 aromatic heterocycles. The van der Waals surface area contributed by atoms with Crippen LogP contribution in [0.1, 0.15) is 6.42 Å². The fourth-order valence-electron chi connectivity index (χ4n) is 2.34. The zero-order chi connectivity index (χ0) is 35.2. The Kier molecular flexibility index (Phi) is 9.12. The average Bonchev–Trinajstić information content (AvgIpc) is 2.76. The van der Waals surface area contributed by atoms with Crippen molar-refractivity contribution in [2.45, 2.75) is 83.7 Å². The maximum atomic E-state index is 13.6. The molecule has 0 rings (SSSR count). The van der Waals surface area contributed by atoms with E-state index in [0.29, 0.717) is 0 Å². The van der Waals surface area contributed by atoms with Gasteiger partial charge in [0, 0.05) is 6.42 Å². The second-order valence-electron chi connectivity index (χ2n) is 7.77. The number of rotatable bonds is 12. The smallest absolute Gasteiger partial charge is 0.200 e. The van der Waals surface area contributed by atoms with Gasteiger partial charge in [-0.15, -0.1) is 0 Å². The molecule has 0 fully saturated rings. The third-order valence-electron chi connectivity index (χ3n) is 5.07. The zero-order valence-electron chi connectivity index (χ0n) is 18.1. The van der Waals surface area contributed by atoms with Crippen LogP contribution >= 0.6 is 0 Å². The lowest BCUT2D eigenvalue weighted by Crippen LogP contribution is -2.78. The van der Waals surface area contributed by atoms with Gasteiger partial charge in [0.2, 0.25) is 0 Å². The average molecular weight is 697 g/mol. The van der Waals surface area contributed by atoms with E-state index < -0.39 is 83.7 Å². The molecule has 0 saturated carbocycles. The van der Waals surface area contributed by atoms with Gasteiger partial charge in [0.1, 0.15) is 0 Å². The molecule has 0 saturated heterocycles. The van der Waals surface area contributed by atoms with Gasteiger partial charge in [-0.05, 0) is 6.92 Å². The lowest BCUT2D eigenvalue weighted by molar-refractivity contribution is -0.484. The Morgan fingerprint density at radius 1 is 0.238 bits per heavy atom. The summed E-state index contributed by atoms with van der Waals surface area (Å²) in [7, 11) is 0. The monoisotopic (exact) mass is 697 g/mol. The molecule has 0 spiro atoms. The molecule has 42 heavy (non-hydrogen) atoms. The van der Waals surface area contributed by atoms with E-state index in [2.05, 4.69) is 0 Å². The van der Waals surface area contributed by atoms with Crippen LogP contribution in [0.5, 0.6) is 0 Å². The minimum atomic E-state index is -9.75. The van der Waals surface area contributed by atoms with Crippen LogP contribution in [0.4, 0.5) is 119 Å². The van der Waals surface area contributed by atoms with Gasteiger partial charge in [0.25, 0.3) is 0 Å². The first-order valence-corrected chi connectivity index (χ1v) is 8.96. The summed E-state index contributed by atoms with van der Waals surface area (Å²) in [6.07, 6.45) is -11.3. The second-order valence-corrected chi connectivity index (χ2v) is 7.77. The predicted octanol–water partition coefficient (Wildman–Crippen LogP) is 9.40. The summed E-state index contributed by atoms with van der Waals surface area (Å²) in [5.41, 5.74) is 0. The SMILES string of the molecule is [CH2]CC(F)(F)C(F)(F)C(F)(F)C(F)(F)C(F)(F)C(F)(F)C(F)(F)C(F)(F)C(F)(F)C(F)(F)C(F)(F)C(F)(F)C(F)(F)F. The first-order valence-electron chi connectivity index (χ1n) is 8.96. The van der Waals surface area contributed by atoms with Crippen LogP contribution in [-0.2, 0) is 0 Å². The molecule has 0 atom stereocenters. The van der Waals surface area contributed by atoms with Crippen molar-refractivity contribution >= 4 is 0 Å². The van der Waals surface area contributed by atoms with E-state index in [1.54, 1.807) is 6.92 Å². The highest BCUT2D eigenvalue weighted by atomic mass is 19.4. The predicted molar refractivity (Wildman–Crippen MR) is 75.4 cm³/mol. The molecular formula is C15H4F27. The van der Waals surface area contributed by atoms with Gasteiger partial charge in [-0.2, -0.15) is 119 Å². The van der Waals surface area contributed by atoms with Crippen molar-refractivity contribution in [3.8, 4) is 0 Å². The van der Waals surface area contributed by atoms with Gasteiger partial charge in [-0.1, -0.05) is 0 Å². The Morgan fingerprint density at radius 2 is 0.381 bits per heavy atom. The van der Waals surface area contributed by atoms with Crippen LogP contribution in [-0.4, -0.2) is 77.2 Å². The minimum Gasteiger partial charge on any atom is -0.200 e. The highest BCUT2D eigenvalue weighted by molar-refractivity contribution is 5.20. The Labute approximate surface area is 210 Å². The maximum absolute atomic E-state index is 13.6. The van der Waals surface area contributed by atoms with Gasteiger partial charge in [-0.3, -0.25) is 0 Å². The fraction of sp³-hybridized carbons (Fsp3) is 0.933. The summed E-state index contributed by atoms with van der Waals surface area (Å²) in [4.78, 5) is 0. The van der Waals surface area contributed by atoms with Crippen LogP contribution in [0.2, 0.25) is 0 Å². The summed E-state index contributed by atoms with van der Waals surface area (Å²) in [5, 5.41) is 0. The van der Waals surface area contributed by atoms with Gasteiger partial charge in [-0.25, -0.2) is 0 Å². The van der Waals surface area contributed by atoms with Crippen molar-refractivity contribution in [2.75, 3.05) is 0 Å². The molecule has 0 aliphatic rings. The molecule has 253 valence electrons. The summed E-state index contributed by atoms with van der Waals surface area (Å²) in [6.45, 7) is 1.70. The molecule has 0 N–H and O–H groups in total. The van der Waals surface area contributed by atoms with E-state index in [9.17, 15) is 119 Å². The third-order valence-corrected chi connectivity index (χ3v) is 5.07. The van der Waals surface area contributed by atoms with Crippen molar-refractivity contribution in [2.24, 2.45) is 0 Å². The molecule has 0 aliphatic carbocycles. The number of alkyl halides is 27. The molecule has 0 aliphatic heterocycles. The summed E-state index contributed by atoms with van der Waals surface area (Å²) < 4.78 is 355. The molecule has 0 bridgehead atoms. The van der Waals surface area contributed by atoms with E-state index in [4.69, 9.17) is 0 Å². The van der Waals surface area contributed by atoms with Crippen LogP contribution in [0.3, 0.4) is 0 Å². The molecule has 0 unspecified atom stereocenters. The third kappa shape index (κ3) is 4.41. The molecule has 0 aromatic rings. The topological polar surface area (TPSA) is 0 Å². The summed E-state index contributed by atoms with van der Waals surface area (Å²) >= 11 is 0. The number of halogens is 27. The second kappa shape index (κ2) is 9.55. The van der Waals surface area contributed by atoms with Gasteiger partial charge < -0.3 is 0 Å². The van der Waals surface area contributed by atoms with E-state index in [1.165, 1.54) is 0 Å². The lowest BCUT2D eigenvalue weighted by atomic mass is 9.84. The molecule has 27 heteroatoms. The summed E-state index contributed by atoms with van der Waals surface area (Å²) in [6, 6.07) is 0. The standard InChI is InChI=1S/C15H4F27/c1-2-3(16,17)4(18,19)5(20,21)6(22,23)7(24,25)8(26,27)9(28,29)10(30,31)11(32,33)12(34,35)13(36,37)14(38,39)15(40,41)42/h1-2H2. The van der Waals surface area contributed by atoms with Crippen molar-refractivity contribution < 1.29 is 119 Å². The lowest BCUT2D eigenvalue weighted by Gasteiger charge is -2.46. The van der Waals surface area contributed by atoms with E-state index in [1.807, 2.05) is 0 Å². The quantitative estimate of drug-likeness (QED) is 0.179. The number of hydrogen-bond acceptors (Lipinski definition) is 0. The normalized spacial score (nSPS) is 17.1. The highest BCUT2D eigenvalue weighted by Crippen LogP contribution is 2.68. The molecule has 0 nitrogen and oxygen atoms in total. The maximum Gasteiger partial charge on any atom is 0.460 e. The first kappa shape index (κ1) is 40.1. The van der Waals surface area contributed by atoms with Crippen molar-refractivity contribution in [3.05, 3.63) is 6.92 Å². The van der Waals surface area contributed by atoms with Crippen LogP contribution in [0, 0.1) is 6.92 Å². The Balaban J connectivity index is 7.43. The molecule has 0 amide bonds. The largest absolute Gasteiger partial charge is 0.460 e. The van der Waals surface area contributed by atoms with E-state index in [-0.39, 0.29) is 0 Å². The first-order chi connectivity index (χ1) is 17.6. The molecule has 0 heterocycles. The van der Waals surface area contributed by atoms with E-state index >= 15 is 0 Å². The Hall–Kier alpha value is -1.89. The Bertz CT molecular complexity index is 978. The van der Waals surface area contributed by atoms with Crippen LogP contribution < -0.4 is 0 Å². The highest BCUT2D eigenvalue weighted by Gasteiger charge is 3.00. The molecule has 0 aromatic carbocycles. The van der Waals surface area contributed by atoms with Crippen molar-refractivity contribution in [3.63, 3.8) is 0 Å². The van der Waals surface area contributed by atoms with E-state index in [0.717, 1.165) is 0 Å². The molecule has 1 radical (unpaired) electrons. The van der Waals surface area contributed by atoms with Gasteiger partial charge in [0.15, 0.2) is 0 Å².